The van der Waals surface area contributed by atoms with Gasteiger partial charge in [-0.25, -0.2) is 0 Å². The van der Waals surface area contributed by atoms with Gasteiger partial charge >= 0.3 is 0 Å². The molecule has 0 aromatic carbocycles. The second kappa shape index (κ2) is 15.0. The molecule has 3 rings (SSSR count). The Morgan fingerprint density at radius 2 is 0.875 bits per heavy atom. The zero-order chi connectivity index (χ0) is 10.6. The van der Waals surface area contributed by atoms with Crippen LogP contribution in [0.5, 0.6) is 0 Å². The Kier molecular flexibility index (Phi) is 16.9. The molecule has 16 heavy (non-hydrogen) atoms. The van der Waals surface area contributed by atoms with Crippen LogP contribution in [0.2, 0.25) is 0 Å². The molecule has 0 aromatic rings. The quantitative estimate of drug-likeness (QED) is 0.391. The van der Waals surface area contributed by atoms with Gasteiger partial charge in [0.15, 0.2) is 0 Å². The van der Waals surface area contributed by atoms with Crippen molar-refractivity contribution in [2.75, 3.05) is 17.3 Å². The first-order valence-corrected chi connectivity index (χ1v) is 11.4. The van der Waals surface area contributed by atoms with Crippen molar-refractivity contribution in [1.29, 1.82) is 0 Å². The van der Waals surface area contributed by atoms with Crippen LogP contribution in [0.15, 0.2) is 34.5 Å². The molecule has 0 spiro atoms. The van der Waals surface area contributed by atoms with Crippen molar-refractivity contribution >= 4 is 64.8 Å². The topological polar surface area (TPSA) is 0 Å². The third-order valence-corrected chi connectivity index (χ3v) is 6.91. The summed E-state index contributed by atoms with van der Waals surface area (Å²) in [7, 11) is 11.1. The van der Waals surface area contributed by atoms with Crippen LogP contribution in [-0.2, 0) is 20.4 Å². The van der Waals surface area contributed by atoms with Gasteiger partial charge in [0.25, 0.3) is 0 Å². The van der Waals surface area contributed by atoms with E-state index in [1.807, 2.05) is 64.8 Å². The van der Waals surface area contributed by atoms with E-state index in [0.29, 0.717) is 0 Å². The van der Waals surface area contributed by atoms with E-state index < -0.39 is 0 Å². The first-order valence-electron chi connectivity index (χ1n) is 4.30. The van der Waals surface area contributed by atoms with E-state index in [0.717, 1.165) is 0 Å². The minimum absolute atomic E-state index is 0. The van der Waals surface area contributed by atoms with Gasteiger partial charge in [-0.3, -0.25) is 0 Å². The molecule has 0 unspecified atom stereocenters. The third-order valence-electron chi connectivity index (χ3n) is 1.15. The Balaban J connectivity index is 0.000000205. The summed E-state index contributed by atoms with van der Waals surface area (Å²) in [6, 6.07) is 0. The van der Waals surface area contributed by atoms with Crippen molar-refractivity contribution in [3.63, 3.8) is 0 Å². The molecule has 1 radical (unpaired) electrons. The predicted molar refractivity (Wildman–Crippen MR) is 87.6 cm³/mol. The monoisotopic (exact) mass is 499 g/mol. The van der Waals surface area contributed by atoms with E-state index in [4.69, 9.17) is 0 Å². The summed E-state index contributed by atoms with van der Waals surface area (Å²) in [4.78, 5) is 0. The molecule has 3 heterocycles. The van der Waals surface area contributed by atoms with Crippen LogP contribution in [0.4, 0.5) is 0 Å². The average Bonchev–Trinajstić information content (AvgIpc) is 3.09. The van der Waals surface area contributed by atoms with E-state index in [1.165, 1.54) is 17.3 Å². The molecule has 0 fully saturated rings. The SMILES string of the molecule is C1=CSSC1.C1=CSSC1.C1=CSSC1.[Re]. The van der Waals surface area contributed by atoms with Gasteiger partial charge in [-0.2, -0.15) is 0 Å². The second-order valence-corrected chi connectivity index (χ2v) is 9.21. The number of rotatable bonds is 0. The van der Waals surface area contributed by atoms with Crippen LogP contribution >= 0.6 is 64.8 Å². The molecule has 3 aliphatic rings. The number of hydrogen-bond donors (Lipinski definition) is 0. The molecule has 0 saturated heterocycles. The van der Waals surface area contributed by atoms with Gasteiger partial charge in [-0.15, -0.1) is 0 Å². The van der Waals surface area contributed by atoms with E-state index in [1.54, 1.807) is 0 Å². The first-order chi connectivity index (χ1) is 7.50. The molecule has 0 aliphatic carbocycles. The summed E-state index contributed by atoms with van der Waals surface area (Å²) in [6.07, 6.45) is 6.49. The van der Waals surface area contributed by atoms with E-state index in [2.05, 4.69) is 34.5 Å². The molecule has 0 N–H and O–H groups in total. The maximum Gasteiger partial charge on any atom is 0.0229 e. The smallest absolute Gasteiger partial charge is 0.0229 e. The van der Waals surface area contributed by atoms with E-state index in [9.17, 15) is 0 Å². The third kappa shape index (κ3) is 12.4. The number of hydrogen-bond acceptors (Lipinski definition) is 6. The summed E-state index contributed by atoms with van der Waals surface area (Å²) < 4.78 is 0. The first kappa shape index (κ1) is 18.0. The van der Waals surface area contributed by atoms with Crippen LogP contribution in [0.25, 0.3) is 0 Å². The van der Waals surface area contributed by atoms with Crippen molar-refractivity contribution in [3.8, 4) is 0 Å². The molecule has 0 nitrogen and oxygen atoms in total. The van der Waals surface area contributed by atoms with Crippen molar-refractivity contribution < 1.29 is 20.4 Å². The minimum Gasteiger partial charge on any atom is -0.0854 e. The predicted octanol–water partition coefficient (Wildman–Crippen LogP) is 5.68. The van der Waals surface area contributed by atoms with E-state index >= 15 is 0 Å². The molecule has 0 bridgehead atoms. The zero-order valence-electron chi connectivity index (χ0n) is 8.41. The molecular formula is C9H12ReS6. The molecule has 0 atom stereocenters. The Morgan fingerprint density at radius 1 is 0.562 bits per heavy atom. The molecule has 0 aromatic heterocycles. The second-order valence-electron chi connectivity index (χ2n) is 2.26. The van der Waals surface area contributed by atoms with Crippen molar-refractivity contribution in [3.05, 3.63) is 34.5 Å². The van der Waals surface area contributed by atoms with Gasteiger partial charge in [0.1, 0.15) is 0 Å². The minimum atomic E-state index is 0. The standard InChI is InChI=1S/3C3H4S2.Re/c3*1-2-4-5-3-1;/h3*1-2H,3H2;. The molecule has 91 valence electrons. The van der Waals surface area contributed by atoms with Crippen LogP contribution in [-0.4, -0.2) is 17.3 Å². The van der Waals surface area contributed by atoms with Crippen molar-refractivity contribution in [1.82, 2.24) is 0 Å². The van der Waals surface area contributed by atoms with Crippen LogP contribution in [0, 0.1) is 0 Å². The summed E-state index contributed by atoms with van der Waals surface area (Å²) in [5.74, 6) is 3.60. The summed E-state index contributed by atoms with van der Waals surface area (Å²) >= 11 is 0. The van der Waals surface area contributed by atoms with Crippen LogP contribution in [0.3, 0.4) is 0 Å². The average molecular weight is 499 g/mol. The van der Waals surface area contributed by atoms with Crippen LogP contribution < -0.4 is 0 Å². The van der Waals surface area contributed by atoms with Crippen molar-refractivity contribution in [2.45, 2.75) is 0 Å². The molecule has 7 heteroatoms. The van der Waals surface area contributed by atoms with Gasteiger partial charge in [0, 0.05) is 37.7 Å². The Morgan fingerprint density at radius 3 is 0.938 bits per heavy atom. The summed E-state index contributed by atoms with van der Waals surface area (Å²) in [5, 5.41) is 6.35. The van der Waals surface area contributed by atoms with Gasteiger partial charge in [-0.1, -0.05) is 83.0 Å². The van der Waals surface area contributed by atoms with E-state index in [-0.39, 0.29) is 20.4 Å². The van der Waals surface area contributed by atoms with Gasteiger partial charge < -0.3 is 0 Å². The largest absolute Gasteiger partial charge is 0.0854 e. The van der Waals surface area contributed by atoms with Gasteiger partial charge in [-0.05, 0) is 16.2 Å². The van der Waals surface area contributed by atoms with Gasteiger partial charge in [0.05, 0.1) is 0 Å². The fourth-order valence-electron chi connectivity index (χ4n) is 0.589. The molecule has 0 saturated carbocycles. The van der Waals surface area contributed by atoms with Crippen LogP contribution in [0.1, 0.15) is 0 Å². The Bertz CT molecular complexity index is 172. The fraction of sp³-hybridized carbons (Fsp3) is 0.333. The molecule has 0 amide bonds. The summed E-state index contributed by atoms with van der Waals surface area (Å²) in [6.45, 7) is 0. The maximum atomic E-state index is 2.16. The van der Waals surface area contributed by atoms with Gasteiger partial charge in [0.2, 0.25) is 0 Å². The molecular weight excluding hydrogens is 487 g/mol. The Hall–Kier alpha value is 1.98. The zero-order valence-corrected chi connectivity index (χ0v) is 16.0. The maximum absolute atomic E-state index is 2.16. The fourth-order valence-corrected chi connectivity index (χ4v) is 5.30. The molecule has 3 aliphatic heterocycles. The normalized spacial score (nSPS) is 19.5. The van der Waals surface area contributed by atoms with Crippen molar-refractivity contribution in [2.24, 2.45) is 0 Å². The Labute approximate surface area is 135 Å². The summed E-state index contributed by atoms with van der Waals surface area (Å²) in [5.41, 5.74) is 0.